The number of amides is 1. The van der Waals surface area contributed by atoms with Gasteiger partial charge in [0.2, 0.25) is 5.91 Å². The third-order valence-electron chi connectivity index (χ3n) is 2.55. The molecule has 0 radical (unpaired) electrons. The molecule has 1 saturated carbocycles. The Balaban J connectivity index is 2.26. The van der Waals surface area contributed by atoms with Gasteiger partial charge in [-0.05, 0) is 19.3 Å². The number of carbonyl (C=O) groups is 1. The summed E-state index contributed by atoms with van der Waals surface area (Å²) in [4.78, 5) is 11.5. The molecule has 0 saturated heterocycles. The molecule has 3 nitrogen and oxygen atoms in total. The van der Waals surface area contributed by atoms with Gasteiger partial charge in [-0.3, -0.25) is 4.79 Å². The zero-order valence-electron chi connectivity index (χ0n) is 7.96. The topological polar surface area (TPSA) is 55.1 Å². The Morgan fingerprint density at radius 3 is 2.92 bits per heavy atom. The lowest BCUT2D eigenvalue weighted by Crippen LogP contribution is -2.38. The van der Waals surface area contributed by atoms with E-state index in [1.807, 2.05) is 0 Å². The summed E-state index contributed by atoms with van der Waals surface area (Å²) in [6.45, 7) is 4.28. The highest BCUT2D eigenvalue weighted by Gasteiger charge is 2.29. The van der Waals surface area contributed by atoms with E-state index in [9.17, 15) is 4.79 Å². The summed E-state index contributed by atoms with van der Waals surface area (Å²) >= 11 is 0. The summed E-state index contributed by atoms with van der Waals surface area (Å²) in [5, 5.41) is 2.87. The molecule has 0 bridgehead atoms. The van der Waals surface area contributed by atoms with E-state index in [0.29, 0.717) is 6.54 Å². The van der Waals surface area contributed by atoms with Gasteiger partial charge in [0.05, 0.1) is 5.92 Å². The van der Waals surface area contributed by atoms with Crippen LogP contribution in [0.3, 0.4) is 0 Å². The zero-order valence-corrected chi connectivity index (χ0v) is 7.96. The fourth-order valence-electron chi connectivity index (χ4n) is 1.74. The van der Waals surface area contributed by atoms with Gasteiger partial charge in [0.1, 0.15) is 0 Å². The first-order chi connectivity index (χ1) is 6.25. The highest BCUT2D eigenvalue weighted by atomic mass is 16.1. The predicted octanol–water partition coefficient (Wildman–Crippen LogP) is 0.806. The zero-order chi connectivity index (χ0) is 9.68. The molecular formula is C10H18N2O. The average molecular weight is 182 g/mol. The van der Waals surface area contributed by atoms with Crippen molar-refractivity contribution in [3.05, 3.63) is 12.7 Å². The number of carbonyl (C=O) groups excluding carboxylic acids is 1. The van der Waals surface area contributed by atoms with Crippen molar-refractivity contribution in [3.63, 3.8) is 0 Å². The molecule has 13 heavy (non-hydrogen) atoms. The Kier molecular flexibility index (Phi) is 3.96. The van der Waals surface area contributed by atoms with Crippen LogP contribution in [-0.4, -0.2) is 18.5 Å². The summed E-state index contributed by atoms with van der Waals surface area (Å²) in [5.74, 6) is 0.164. The maximum absolute atomic E-state index is 11.5. The van der Waals surface area contributed by atoms with Gasteiger partial charge < -0.3 is 11.1 Å². The quantitative estimate of drug-likeness (QED) is 0.499. The summed E-state index contributed by atoms with van der Waals surface area (Å²) in [6, 6.07) is 0.0729. The molecule has 2 atom stereocenters. The molecule has 0 aromatic carbocycles. The number of nitrogens with two attached hydrogens (primary N) is 1. The minimum Gasteiger partial charge on any atom is -0.356 e. The van der Waals surface area contributed by atoms with Crippen LogP contribution in [0.25, 0.3) is 0 Å². The van der Waals surface area contributed by atoms with Crippen molar-refractivity contribution < 1.29 is 4.79 Å². The molecule has 1 fully saturated rings. The fraction of sp³-hybridized carbons (Fsp3) is 0.700. The van der Waals surface area contributed by atoms with Gasteiger partial charge in [-0.2, -0.15) is 0 Å². The van der Waals surface area contributed by atoms with Crippen molar-refractivity contribution in [1.82, 2.24) is 5.32 Å². The Morgan fingerprint density at radius 1 is 1.62 bits per heavy atom. The second-order valence-corrected chi connectivity index (χ2v) is 3.57. The second-order valence-electron chi connectivity index (χ2n) is 3.57. The van der Waals surface area contributed by atoms with Gasteiger partial charge in [0.25, 0.3) is 0 Å². The highest BCUT2D eigenvalue weighted by molar-refractivity contribution is 5.79. The molecule has 0 spiro atoms. The van der Waals surface area contributed by atoms with Crippen molar-refractivity contribution in [2.24, 2.45) is 11.7 Å². The molecule has 0 aromatic rings. The molecule has 2 unspecified atom stereocenters. The number of rotatable bonds is 4. The summed E-state index contributed by atoms with van der Waals surface area (Å²) in [6.07, 6.45) is 5.64. The lowest BCUT2D eigenvalue weighted by Gasteiger charge is -2.14. The molecule has 1 aliphatic carbocycles. The standard InChI is InChI=1S/C10H18N2O/c1-2-3-7-12-10(13)8-5-4-6-9(8)11/h2,8-9H,1,3-7,11H2,(H,12,13). The van der Waals surface area contributed by atoms with Crippen LogP contribution in [0.15, 0.2) is 12.7 Å². The Bertz CT molecular complexity index is 191. The average Bonchev–Trinajstić information content (AvgIpc) is 2.52. The molecule has 74 valence electrons. The third-order valence-corrected chi connectivity index (χ3v) is 2.55. The Labute approximate surface area is 79.4 Å². The van der Waals surface area contributed by atoms with Crippen LogP contribution < -0.4 is 11.1 Å². The molecule has 1 rings (SSSR count). The van der Waals surface area contributed by atoms with Crippen LogP contribution >= 0.6 is 0 Å². The molecule has 3 heteroatoms. The normalized spacial score (nSPS) is 27.2. The van der Waals surface area contributed by atoms with Crippen molar-refractivity contribution in [3.8, 4) is 0 Å². The predicted molar refractivity (Wildman–Crippen MR) is 53.1 cm³/mol. The van der Waals surface area contributed by atoms with Crippen LogP contribution in [0.2, 0.25) is 0 Å². The SMILES string of the molecule is C=CCCNC(=O)C1CCCC1N. The van der Waals surface area contributed by atoms with E-state index >= 15 is 0 Å². The van der Waals surface area contributed by atoms with Crippen LogP contribution in [0.1, 0.15) is 25.7 Å². The van der Waals surface area contributed by atoms with Crippen molar-refractivity contribution in [2.45, 2.75) is 31.7 Å². The summed E-state index contributed by atoms with van der Waals surface area (Å²) < 4.78 is 0. The van der Waals surface area contributed by atoms with E-state index in [2.05, 4.69) is 11.9 Å². The van der Waals surface area contributed by atoms with Gasteiger partial charge in [0.15, 0.2) is 0 Å². The van der Waals surface area contributed by atoms with E-state index in [4.69, 9.17) is 5.73 Å². The lowest BCUT2D eigenvalue weighted by molar-refractivity contribution is -0.125. The molecule has 0 heterocycles. The largest absolute Gasteiger partial charge is 0.356 e. The van der Waals surface area contributed by atoms with E-state index < -0.39 is 0 Å². The smallest absolute Gasteiger partial charge is 0.224 e. The number of nitrogens with one attached hydrogen (secondary N) is 1. The van der Waals surface area contributed by atoms with Crippen molar-refractivity contribution >= 4 is 5.91 Å². The van der Waals surface area contributed by atoms with Gasteiger partial charge in [-0.25, -0.2) is 0 Å². The van der Waals surface area contributed by atoms with Crippen molar-refractivity contribution in [1.29, 1.82) is 0 Å². The van der Waals surface area contributed by atoms with Crippen LogP contribution in [-0.2, 0) is 4.79 Å². The van der Waals surface area contributed by atoms with Crippen LogP contribution in [0.4, 0.5) is 0 Å². The van der Waals surface area contributed by atoms with Crippen LogP contribution in [0, 0.1) is 5.92 Å². The van der Waals surface area contributed by atoms with E-state index in [0.717, 1.165) is 25.7 Å². The minimum atomic E-state index is 0.0461. The molecule has 1 amide bonds. The Hall–Kier alpha value is -0.830. The second kappa shape index (κ2) is 5.02. The lowest BCUT2D eigenvalue weighted by atomic mass is 10.0. The van der Waals surface area contributed by atoms with Gasteiger partial charge in [-0.15, -0.1) is 6.58 Å². The third kappa shape index (κ3) is 2.84. The Morgan fingerprint density at radius 2 is 2.38 bits per heavy atom. The molecule has 3 N–H and O–H groups in total. The maximum atomic E-state index is 11.5. The van der Waals surface area contributed by atoms with E-state index in [-0.39, 0.29) is 17.9 Å². The van der Waals surface area contributed by atoms with Gasteiger partial charge in [0, 0.05) is 12.6 Å². The summed E-state index contributed by atoms with van der Waals surface area (Å²) in [5.41, 5.74) is 5.80. The molecule has 1 aliphatic rings. The first-order valence-corrected chi connectivity index (χ1v) is 4.90. The monoisotopic (exact) mass is 182 g/mol. The van der Waals surface area contributed by atoms with Gasteiger partial charge >= 0.3 is 0 Å². The van der Waals surface area contributed by atoms with E-state index in [1.54, 1.807) is 6.08 Å². The van der Waals surface area contributed by atoms with Gasteiger partial charge in [-0.1, -0.05) is 12.5 Å². The molecule has 0 aliphatic heterocycles. The van der Waals surface area contributed by atoms with Crippen molar-refractivity contribution in [2.75, 3.05) is 6.54 Å². The number of hydrogen-bond donors (Lipinski definition) is 2. The highest BCUT2D eigenvalue weighted by Crippen LogP contribution is 2.23. The maximum Gasteiger partial charge on any atom is 0.224 e. The summed E-state index contributed by atoms with van der Waals surface area (Å²) in [7, 11) is 0. The fourth-order valence-corrected chi connectivity index (χ4v) is 1.74. The first kappa shape index (κ1) is 10.3. The van der Waals surface area contributed by atoms with Crippen LogP contribution in [0.5, 0.6) is 0 Å². The minimum absolute atomic E-state index is 0.0461. The number of hydrogen-bond acceptors (Lipinski definition) is 2. The van der Waals surface area contributed by atoms with E-state index in [1.165, 1.54) is 0 Å². The molecule has 0 aromatic heterocycles. The molecular weight excluding hydrogens is 164 g/mol. The first-order valence-electron chi connectivity index (χ1n) is 4.90.